The minimum Gasteiger partial charge on any atom is -0.466 e. The van der Waals surface area contributed by atoms with E-state index in [2.05, 4.69) is 4.98 Å². The van der Waals surface area contributed by atoms with Gasteiger partial charge in [-0.2, -0.15) is 0 Å². The van der Waals surface area contributed by atoms with Crippen LogP contribution < -0.4 is 0 Å². The Morgan fingerprint density at radius 3 is 2.93 bits per heavy atom. The fourth-order valence-electron chi connectivity index (χ4n) is 1.30. The molecule has 0 aromatic carbocycles. The summed E-state index contributed by atoms with van der Waals surface area (Å²) in [4.78, 5) is 4.09. The molecule has 1 N–H and O–H groups in total. The molecule has 0 radical (unpaired) electrons. The Labute approximate surface area is 82.0 Å². The molecule has 2 heterocycles. The topological polar surface area (TPSA) is 46.3 Å². The molecule has 0 aliphatic rings. The lowest BCUT2D eigenvalue weighted by atomic mass is 10.1. The lowest BCUT2D eigenvalue weighted by Crippen LogP contribution is -2.00. The lowest BCUT2D eigenvalue weighted by Gasteiger charge is -2.06. The van der Waals surface area contributed by atoms with E-state index < -0.39 is 6.10 Å². The molecule has 1 unspecified atom stereocenters. The van der Waals surface area contributed by atoms with Crippen LogP contribution in [-0.2, 0) is 0 Å². The fraction of sp³-hybridized carbons (Fsp3) is 0.182. The number of furan rings is 1. The van der Waals surface area contributed by atoms with Gasteiger partial charge in [0.25, 0.3) is 0 Å². The lowest BCUT2D eigenvalue weighted by molar-refractivity contribution is 0.185. The van der Waals surface area contributed by atoms with Gasteiger partial charge in [0.15, 0.2) is 6.10 Å². The molecule has 0 fully saturated rings. The summed E-state index contributed by atoms with van der Waals surface area (Å²) in [5.41, 5.74) is 1.68. The van der Waals surface area contributed by atoms with Gasteiger partial charge in [-0.1, -0.05) is 0 Å². The molecular formula is C11H11NO2. The highest BCUT2D eigenvalue weighted by Gasteiger charge is 2.13. The number of aliphatic hydroxyl groups is 1. The summed E-state index contributed by atoms with van der Waals surface area (Å²) < 4.78 is 5.10. The third kappa shape index (κ3) is 1.67. The summed E-state index contributed by atoms with van der Waals surface area (Å²) >= 11 is 0. The van der Waals surface area contributed by atoms with Crippen molar-refractivity contribution in [1.82, 2.24) is 4.98 Å². The van der Waals surface area contributed by atoms with E-state index in [-0.39, 0.29) is 0 Å². The molecule has 3 nitrogen and oxygen atoms in total. The third-order valence-corrected chi connectivity index (χ3v) is 2.03. The van der Waals surface area contributed by atoms with E-state index in [0.29, 0.717) is 11.5 Å². The van der Waals surface area contributed by atoms with Crippen LogP contribution >= 0.6 is 0 Å². The van der Waals surface area contributed by atoms with E-state index >= 15 is 0 Å². The van der Waals surface area contributed by atoms with Crippen molar-refractivity contribution >= 4 is 0 Å². The van der Waals surface area contributed by atoms with Gasteiger partial charge in [-0.3, -0.25) is 4.98 Å². The molecule has 0 amide bonds. The summed E-state index contributed by atoms with van der Waals surface area (Å²) in [6, 6.07) is 7.20. The van der Waals surface area contributed by atoms with Crippen LogP contribution in [0.5, 0.6) is 0 Å². The first kappa shape index (κ1) is 8.97. The van der Waals surface area contributed by atoms with Gasteiger partial charge in [0.1, 0.15) is 5.76 Å². The van der Waals surface area contributed by atoms with Crippen LogP contribution in [-0.4, -0.2) is 10.1 Å². The first-order valence-electron chi connectivity index (χ1n) is 4.41. The Bertz CT molecular complexity index is 409. The molecule has 14 heavy (non-hydrogen) atoms. The van der Waals surface area contributed by atoms with Gasteiger partial charge >= 0.3 is 0 Å². The molecule has 3 heteroatoms. The van der Waals surface area contributed by atoms with Gasteiger partial charge < -0.3 is 9.52 Å². The number of aryl methyl sites for hydroxylation is 1. The van der Waals surface area contributed by atoms with Crippen LogP contribution in [0.15, 0.2) is 41.1 Å². The number of rotatable bonds is 2. The van der Waals surface area contributed by atoms with Gasteiger partial charge in [-0.25, -0.2) is 0 Å². The summed E-state index contributed by atoms with van der Waals surface area (Å²) in [5.74, 6) is 0.517. The van der Waals surface area contributed by atoms with Crippen molar-refractivity contribution in [1.29, 1.82) is 0 Å². The standard InChI is InChI=1S/C11H11NO2/c1-8-4-5-12-9(7-8)11(13)10-3-2-6-14-10/h2-7,11,13H,1H3. The van der Waals surface area contributed by atoms with Crippen molar-refractivity contribution in [3.05, 3.63) is 53.7 Å². The second-order valence-corrected chi connectivity index (χ2v) is 3.18. The third-order valence-electron chi connectivity index (χ3n) is 2.03. The van der Waals surface area contributed by atoms with Crippen LogP contribution in [0.3, 0.4) is 0 Å². The van der Waals surface area contributed by atoms with Crippen molar-refractivity contribution < 1.29 is 9.52 Å². The van der Waals surface area contributed by atoms with Crippen LogP contribution in [0.2, 0.25) is 0 Å². The number of aromatic nitrogens is 1. The number of hydrogen-bond acceptors (Lipinski definition) is 3. The van der Waals surface area contributed by atoms with Crippen LogP contribution in [0.4, 0.5) is 0 Å². The predicted octanol–water partition coefficient (Wildman–Crippen LogP) is 2.06. The van der Waals surface area contributed by atoms with Crippen molar-refractivity contribution in [2.24, 2.45) is 0 Å². The largest absolute Gasteiger partial charge is 0.466 e. The van der Waals surface area contributed by atoms with Crippen molar-refractivity contribution in [2.45, 2.75) is 13.0 Å². The fourth-order valence-corrected chi connectivity index (χ4v) is 1.30. The van der Waals surface area contributed by atoms with Crippen LogP contribution in [0.25, 0.3) is 0 Å². The first-order chi connectivity index (χ1) is 6.77. The average Bonchev–Trinajstić information content (AvgIpc) is 2.69. The summed E-state index contributed by atoms with van der Waals surface area (Å²) in [6.07, 6.45) is 2.44. The zero-order valence-corrected chi connectivity index (χ0v) is 7.84. The number of nitrogens with zero attached hydrogens (tertiary/aromatic N) is 1. The molecule has 0 saturated carbocycles. The van der Waals surface area contributed by atoms with Crippen molar-refractivity contribution in [3.63, 3.8) is 0 Å². The monoisotopic (exact) mass is 189 g/mol. The van der Waals surface area contributed by atoms with E-state index in [0.717, 1.165) is 5.56 Å². The van der Waals surface area contributed by atoms with Gasteiger partial charge in [-0.15, -0.1) is 0 Å². The highest BCUT2D eigenvalue weighted by molar-refractivity contribution is 5.21. The molecule has 2 aromatic heterocycles. The first-order valence-corrected chi connectivity index (χ1v) is 4.41. The minimum absolute atomic E-state index is 0.517. The summed E-state index contributed by atoms with van der Waals surface area (Å²) in [5, 5.41) is 9.85. The SMILES string of the molecule is Cc1ccnc(C(O)c2ccco2)c1. The van der Waals surface area contributed by atoms with Crippen molar-refractivity contribution in [2.75, 3.05) is 0 Å². The molecule has 2 aromatic rings. The Morgan fingerprint density at radius 1 is 1.43 bits per heavy atom. The predicted molar refractivity (Wildman–Crippen MR) is 51.7 cm³/mol. The number of pyridine rings is 1. The normalized spacial score (nSPS) is 12.7. The zero-order chi connectivity index (χ0) is 9.97. The van der Waals surface area contributed by atoms with E-state index in [4.69, 9.17) is 4.42 Å². The maximum Gasteiger partial charge on any atom is 0.153 e. The maximum atomic E-state index is 9.85. The zero-order valence-electron chi connectivity index (χ0n) is 7.84. The summed E-state index contributed by atoms with van der Waals surface area (Å²) in [6.45, 7) is 1.96. The Balaban J connectivity index is 2.32. The smallest absolute Gasteiger partial charge is 0.153 e. The Hall–Kier alpha value is -1.61. The average molecular weight is 189 g/mol. The number of hydrogen-bond donors (Lipinski definition) is 1. The highest BCUT2D eigenvalue weighted by atomic mass is 16.4. The van der Waals surface area contributed by atoms with Crippen molar-refractivity contribution in [3.8, 4) is 0 Å². The number of aliphatic hydroxyl groups excluding tert-OH is 1. The molecule has 0 saturated heterocycles. The van der Waals surface area contributed by atoms with E-state index in [1.54, 1.807) is 18.3 Å². The van der Waals surface area contributed by atoms with Gasteiger partial charge in [-0.05, 0) is 36.8 Å². The molecule has 1 atom stereocenters. The molecule has 0 aliphatic heterocycles. The molecule has 0 spiro atoms. The Kier molecular flexibility index (Phi) is 2.33. The van der Waals surface area contributed by atoms with Crippen LogP contribution in [0, 0.1) is 6.92 Å². The molecular weight excluding hydrogens is 178 g/mol. The van der Waals surface area contributed by atoms with Gasteiger partial charge in [0, 0.05) is 6.20 Å². The van der Waals surface area contributed by atoms with E-state index in [9.17, 15) is 5.11 Å². The van der Waals surface area contributed by atoms with Gasteiger partial charge in [0.05, 0.1) is 12.0 Å². The minimum atomic E-state index is -0.773. The second kappa shape index (κ2) is 3.64. The summed E-state index contributed by atoms with van der Waals surface area (Å²) in [7, 11) is 0. The molecule has 2 rings (SSSR count). The molecule has 0 aliphatic carbocycles. The van der Waals surface area contributed by atoms with E-state index in [1.807, 2.05) is 19.1 Å². The quantitative estimate of drug-likeness (QED) is 0.786. The second-order valence-electron chi connectivity index (χ2n) is 3.18. The highest BCUT2D eigenvalue weighted by Crippen LogP contribution is 2.20. The molecule has 0 bridgehead atoms. The maximum absolute atomic E-state index is 9.85. The van der Waals surface area contributed by atoms with E-state index in [1.165, 1.54) is 6.26 Å². The van der Waals surface area contributed by atoms with Crippen LogP contribution in [0.1, 0.15) is 23.1 Å². The Morgan fingerprint density at radius 2 is 2.29 bits per heavy atom. The van der Waals surface area contributed by atoms with Gasteiger partial charge in [0.2, 0.25) is 0 Å². The molecule has 72 valence electrons.